The van der Waals surface area contributed by atoms with Crippen molar-refractivity contribution in [3.8, 4) is 0 Å². The van der Waals surface area contributed by atoms with E-state index in [9.17, 15) is 0 Å². The number of nitrogens with two attached hydrogens (primary N) is 1. The molecule has 17 heavy (non-hydrogen) atoms. The van der Waals surface area contributed by atoms with Crippen LogP contribution in [0.25, 0.3) is 10.9 Å². The van der Waals surface area contributed by atoms with E-state index >= 15 is 0 Å². The van der Waals surface area contributed by atoms with Gasteiger partial charge in [-0.25, -0.2) is 4.98 Å². The number of nitrogen functional groups attached to an aromatic ring is 1. The molecule has 90 valence electrons. The number of halogens is 2. The van der Waals surface area contributed by atoms with E-state index in [1.54, 1.807) is 0 Å². The second-order valence-electron chi connectivity index (χ2n) is 5.13. The second kappa shape index (κ2) is 4.14. The molecule has 2 aromatic rings. The average molecular weight is 314 g/mol. The molecule has 1 heterocycles. The first-order valence-electron chi connectivity index (χ1n) is 5.35. The summed E-state index contributed by atoms with van der Waals surface area (Å²) < 4.78 is 0.946. The molecular weight excluding hydrogens is 300 g/mol. The largest absolute Gasteiger partial charge is 0.383 e. The van der Waals surface area contributed by atoms with Gasteiger partial charge in [-0.15, -0.1) is 0 Å². The molecule has 0 radical (unpaired) electrons. The minimum atomic E-state index is -0.0277. The normalized spacial score (nSPS) is 12.1. The summed E-state index contributed by atoms with van der Waals surface area (Å²) in [4.78, 5) is 4.41. The van der Waals surface area contributed by atoms with Crippen molar-refractivity contribution in [2.45, 2.75) is 26.2 Å². The van der Waals surface area contributed by atoms with Gasteiger partial charge in [0.1, 0.15) is 5.82 Å². The number of nitrogens with zero attached hydrogens (tertiary/aromatic N) is 1. The summed E-state index contributed by atoms with van der Waals surface area (Å²) >= 11 is 9.59. The molecule has 1 aromatic carbocycles. The zero-order valence-electron chi connectivity index (χ0n) is 10.0. The van der Waals surface area contributed by atoms with E-state index in [0.29, 0.717) is 10.8 Å². The summed E-state index contributed by atoms with van der Waals surface area (Å²) in [7, 11) is 0. The van der Waals surface area contributed by atoms with E-state index in [4.69, 9.17) is 17.3 Å². The maximum absolute atomic E-state index is 6.15. The number of anilines is 1. The van der Waals surface area contributed by atoms with Crippen molar-refractivity contribution in [1.82, 2.24) is 4.98 Å². The summed E-state index contributed by atoms with van der Waals surface area (Å²) in [5, 5.41) is 1.62. The molecule has 0 fully saturated rings. The number of hydrogen-bond donors (Lipinski definition) is 1. The Kier molecular flexibility index (Phi) is 3.08. The predicted octanol–water partition coefficient (Wildman–Crippen LogP) is 4.53. The van der Waals surface area contributed by atoms with E-state index in [0.717, 1.165) is 20.9 Å². The van der Waals surface area contributed by atoms with Gasteiger partial charge >= 0.3 is 0 Å². The van der Waals surface area contributed by atoms with Crippen molar-refractivity contribution in [2.75, 3.05) is 5.73 Å². The smallest absolute Gasteiger partial charge is 0.127 e. The molecule has 2 N–H and O–H groups in total. The molecule has 0 aliphatic heterocycles. The third kappa shape index (κ3) is 2.40. The zero-order chi connectivity index (χ0) is 12.8. The highest BCUT2D eigenvalue weighted by atomic mass is 79.9. The number of hydrogen-bond acceptors (Lipinski definition) is 2. The van der Waals surface area contributed by atoms with Crippen LogP contribution >= 0.6 is 27.5 Å². The van der Waals surface area contributed by atoms with Crippen LogP contribution in [0.15, 0.2) is 22.7 Å². The van der Waals surface area contributed by atoms with Gasteiger partial charge in [0.2, 0.25) is 0 Å². The third-order valence-corrected chi connectivity index (χ3v) is 3.42. The fourth-order valence-electron chi connectivity index (χ4n) is 1.82. The third-order valence-electron chi connectivity index (χ3n) is 2.67. The summed E-state index contributed by atoms with van der Waals surface area (Å²) in [6.45, 7) is 6.35. The summed E-state index contributed by atoms with van der Waals surface area (Å²) in [5.74, 6) is 0.550. The fraction of sp³-hybridized carbons (Fsp3) is 0.308. The van der Waals surface area contributed by atoms with Gasteiger partial charge in [-0.1, -0.05) is 48.3 Å². The molecule has 0 saturated carbocycles. The summed E-state index contributed by atoms with van der Waals surface area (Å²) in [6.07, 6.45) is 0. The Labute approximate surface area is 114 Å². The van der Waals surface area contributed by atoms with Crippen molar-refractivity contribution in [3.05, 3.63) is 33.3 Å². The Morgan fingerprint density at radius 3 is 2.47 bits per heavy atom. The van der Waals surface area contributed by atoms with Gasteiger partial charge < -0.3 is 5.73 Å². The Morgan fingerprint density at radius 1 is 1.24 bits per heavy atom. The highest BCUT2D eigenvalue weighted by Gasteiger charge is 2.19. The van der Waals surface area contributed by atoms with Crippen molar-refractivity contribution < 1.29 is 0 Å². The SMILES string of the molecule is CC(C)(C)c1cc2cc(Br)cc(Cl)c2nc1N. The first kappa shape index (κ1) is 12.7. The van der Waals surface area contributed by atoms with Crippen LogP contribution in [0, 0.1) is 0 Å². The first-order valence-corrected chi connectivity index (χ1v) is 6.52. The molecular formula is C13H14BrClN2. The van der Waals surface area contributed by atoms with Gasteiger partial charge in [-0.2, -0.15) is 0 Å². The van der Waals surface area contributed by atoms with Crippen LogP contribution < -0.4 is 5.73 Å². The number of aromatic nitrogens is 1. The molecule has 2 rings (SSSR count). The van der Waals surface area contributed by atoms with E-state index in [1.165, 1.54) is 0 Å². The molecule has 2 nitrogen and oxygen atoms in total. The van der Waals surface area contributed by atoms with Gasteiger partial charge in [0, 0.05) is 15.4 Å². The number of fused-ring (bicyclic) bond motifs is 1. The van der Waals surface area contributed by atoms with Crippen LogP contribution in [-0.4, -0.2) is 4.98 Å². The fourth-order valence-corrected chi connectivity index (χ4v) is 2.70. The van der Waals surface area contributed by atoms with Gasteiger partial charge in [0.25, 0.3) is 0 Å². The topological polar surface area (TPSA) is 38.9 Å². The molecule has 0 bridgehead atoms. The Bertz CT molecular complexity index is 588. The number of pyridine rings is 1. The van der Waals surface area contributed by atoms with Crippen LogP contribution in [0.5, 0.6) is 0 Å². The molecule has 1 aromatic heterocycles. The van der Waals surface area contributed by atoms with Crippen molar-refractivity contribution in [1.29, 1.82) is 0 Å². The Hall–Kier alpha value is -0.800. The minimum absolute atomic E-state index is 0.0277. The summed E-state index contributed by atoms with van der Waals surface area (Å²) in [5.41, 5.74) is 7.76. The van der Waals surface area contributed by atoms with Gasteiger partial charge in [0.05, 0.1) is 10.5 Å². The monoisotopic (exact) mass is 312 g/mol. The van der Waals surface area contributed by atoms with Crippen molar-refractivity contribution in [2.24, 2.45) is 0 Å². The van der Waals surface area contributed by atoms with Crippen molar-refractivity contribution >= 4 is 44.3 Å². The van der Waals surface area contributed by atoms with Crippen LogP contribution in [0.4, 0.5) is 5.82 Å². The van der Waals surface area contributed by atoms with Crippen LogP contribution in [-0.2, 0) is 5.41 Å². The zero-order valence-corrected chi connectivity index (χ0v) is 12.4. The maximum Gasteiger partial charge on any atom is 0.127 e. The lowest BCUT2D eigenvalue weighted by Gasteiger charge is -2.21. The lowest BCUT2D eigenvalue weighted by atomic mass is 9.86. The standard InChI is InChI=1S/C13H14BrClN2/c1-13(2,3)9-5-7-4-8(14)6-10(15)11(7)17-12(9)16/h4-6H,1-3H3,(H2,16,17). The van der Waals surface area contributed by atoms with Gasteiger partial charge in [-0.05, 0) is 23.6 Å². The Balaban J connectivity index is 2.81. The van der Waals surface area contributed by atoms with E-state index < -0.39 is 0 Å². The molecule has 4 heteroatoms. The van der Waals surface area contributed by atoms with Crippen LogP contribution in [0.3, 0.4) is 0 Å². The molecule has 0 unspecified atom stereocenters. The van der Waals surface area contributed by atoms with E-state index in [1.807, 2.05) is 12.1 Å². The highest BCUT2D eigenvalue weighted by molar-refractivity contribution is 9.10. The van der Waals surface area contributed by atoms with E-state index in [-0.39, 0.29) is 5.41 Å². The summed E-state index contributed by atoms with van der Waals surface area (Å²) in [6, 6.07) is 5.89. The lowest BCUT2D eigenvalue weighted by Crippen LogP contribution is -2.15. The van der Waals surface area contributed by atoms with Gasteiger partial charge in [-0.3, -0.25) is 0 Å². The Morgan fingerprint density at radius 2 is 1.88 bits per heavy atom. The predicted molar refractivity (Wildman–Crippen MR) is 77.6 cm³/mol. The van der Waals surface area contributed by atoms with Gasteiger partial charge in [0.15, 0.2) is 0 Å². The van der Waals surface area contributed by atoms with Crippen LogP contribution in [0.2, 0.25) is 5.02 Å². The molecule has 0 aliphatic carbocycles. The molecule has 0 aliphatic rings. The highest BCUT2D eigenvalue weighted by Crippen LogP contribution is 2.33. The number of rotatable bonds is 0. The molecule has 0 spiro atoms. The molecule has 0 atom stereocenters. The molecule has 0 saturated heterocycles. The second-order valence-corrected chi connectivity index (χ2v) is 6.45. The average Bonchev–Trinajstić information content (AvgIpc) is 2.16. The van der Waals surface area contributed by atoms with E-state index in [2.05, 4.69) is 47.8 Å². The minimum Gasteiger partial charge on any atom is -0.383 e. The first-order chi connectivity index (χ1) is 7.79. The molecule has 0 amide bonds. The lowest BCUT2D eigenvalue weighted by molar-refractivity contribution is 0.591. The maximum atomic E-state index is 6.15. The number of benzene rings is 1. The van der Waals surface area contributed by atoms with Crippen molar-refractivity contribution in [3.63, 3.8) is 0 Å². The quantitative estimate of drug-likeness (QED) is 0.776. The van der Waals surface area contributed by atoms with Crippen LogP contribution in [0.1, 0.15) is 26.3 Å².